The quantitative estimate of drug-likeness (QED) is 0.586. The molecule has 0 radical (unpaired) electrons. The number of hydrogen-bond donors (Lipinski definition) is 1. The van der Waals surface area contributed by atoms with Crippen LogP contribution in [0.25, 0.3) is 0 Å². The van der Waals surface area contributed by atoms with Crippen LogP contribution in [-0.4, -0.2) is 29.6 Å². The van der Waals surface area contributed by atoms with E-state index in [-0.39, 0.29) is 18.2 Å². The maximum atomic E-state index is 10.6. The van der Waals surface area contributed by atoms with Gasteiger partial charge in [-0.25, -0.2) is 0 Å². The lowest BCUT2D eigenvalue weighted by molar-refractivity contribution is -0.205. The van der Waals surface area contributed by atoms with E-state index in [1.165, 1.54) is 6.92 Å². The molecule has 0 bridgehead atoms. The zero-order valence-corrected chi connectivity index (χ0v) is 7.32. The summed E-state index contributed by atoms with van der Waals surface area (Å²) in [6.07, 6.45) is 0.0832. The van der Waals surface area contributed by atoms with E-state index in [0.717, 1.165) is 0 Å². The van der Waals surface area contributed by atoms with Crippen molar-refractivity contribution in [2.24, 2.45) is 0 Å². The SMILES string of the molecule is CC(=O)OC1CCC(O)OC1C. The maximum absolute atomic E-state index is 10.6. The summed E-state index contributed by atoms with van der Waals surface area (Å²) in [7, 11) is 0. The summed E-state index contributed by atoms with van der Waals surface area (Å²) < 4.78 is 10.1. The van der Waals surface area contributed by atoms with E-state index in [2.05, 4.69) is 0 Å². The Balaban J connectivity index is 2.39. The first-order valence-electron chi connectivity index (χ1n) is 4.10. The Morgan fingerprint density at radius 2 is 2.25 bits per heavy atom. The van der Waals surface area contributed by atoms with Crippen LogP contribution in [0, 0.1) is 0 Å². The summed E-state index contributed by atoms with van der Waals surface area (Å²) in [5, 5.41) is 9.07. The smallest absolute Gasteiger partial charge is 0.302 e. The van der Waals surface area contributed by atoms with E-state index in [9.17, 15) is 4.79 Å². The van der Waals surface area contributed by atoms with Gasteiger partial charge in [0.2, 0.25) is 0 Å². The van der Waals surface area contributed by atoms with E-state index < -0.39 is 6.29 Å². The number of rotatable bonds is 1. The molecule has 4 heteroatoms. The second-order valence-corrected chi connectivity index (χ2v) is 3.02. The Morgan fingerprint density at radius 3 is 2.75 bits per heavy atom. The minimum absolute atomic E-state index is 0.203. The molecule has 0 aromatic carbocycles. The molecule has 1 N–H and O–H groups in total. The molecule has 4 nitrogen and oxygen atoms in total. The third kappa shape index (κ3) is 2.46. The predicted octanol–water partition coefficient (Wildman–Crippen LogP) is 0.435. The van der Waals surface area contributed by atoms with E-state index >= 15 is 0 Å². The van der Waals surface area contributed by atoms with Gasteiger partial charge in [-0.05, 0) is 13.3 Å². The summed E-state index contributed by atoms with van der Waals surface area (Å²) in [6, 6.07) is 0. The van der Waals surface area contributed by atoms with Gasteiger partial charge in [0.15, 0.2) is 6.29 Å². The largest absolute Gasteiger partial charge is 0.460 e. The third-order valence-electron chi connectivity index (χ3n) is 1.91. The Morgan fingerprint density at radius 1 is 1.58 bits per heavy atom. The van der Waals surface area contributed by atoms with Gasteiger partial charge in [0, 0.05) is 13.3 Å². The normalized spacial score (nSPS) is 36.1. The monoisotopic (exact) mass is 174 g/mol. The lowest BCUT2D eigenvalue weighted by Crippen LogP contribution is -2.39. The van der Waals surface area contributed by atoms with Crippen molar-refractivity contribution >= 4 is 5.97 Å². The van der Waals surface area contributed by atoms with Gasteiger partial charge in [0.05, 0.1) is 6.10 Å². The van der Waals surface area contributed by atoms with E-state index in [1.807, 2.05) is 0 Å². The fraction of sp³-hybridized carbons (Fsp3) is 0.875. The van der Waals surface area contributed by atoms with Crippen LogP contribution in [0.5, 0.6) is 0 Å². The first-order valence-corrected chi connectivity index (χ1v) is 4.10. The molecule has 0 aromatic rings. The summed E-state index contributed by atoms with van der Waals surface area (Å²) in [5.74, 6) is -0.299. The summed E-state index contributed by atoms with van der Waals surface area (Å²) in [4.78, 5) is 10.6. The molecule has 70 valence electrons. The molecule has 1 saturated heterocycles. The van der Waals surface area contributed by atoms with E-state index in [4.69, 9.17) is 14.6 Å². The standard InChI is InChI=1S/C8H14O4/c1-5-7(12-6(2)9)3-4-8(10)11-5/h5,7-8,10H,3-4H2,1-2H3. The van der Waals surface area contributed by atoms with Crippen LogP contribution in [0.2, 0.25) is 0 Å². The lowest BCUT2D eigenvalue weighted by atomic mass is 10.1. The van der Waals surface area contributed by atoms with Crippen LogP contribution in [0.3, 0.4) is 0 Å². The van der Waals surface area contributed by atoms with Crippen LogP contribution < -0.4 is 0 Å². The number of ether oxygens (including phenoxy) is 2. The fourth-order valence-corrected chi connectivity index (χ4v) is 1.31. The topological polar surface area (TPSA) is 55.8 Å². The molecule has 12 heavy (non-hydrogen) atoms. The molecule has 3 atom stereocenters. The lowest BCUT2D eigenvalue weighted by Gasteiger charge is -2.31. The van der Waals surface area contributed by atoms with Crippen LogP contribution in [0.1, 0.15) is 26.7 Å². The Labute approximate surface area is 71.5 Å². The summed E-state index contributed by atoms with van der Waals surface area (Å²) in [5.41, 5.74) is 0. The average Bonchev–Trinajstić information content (AvgIpc) is 1.94. The van der Waals surface area contributed by atoms with Crippen LogP contribution in [0.15, 0.2) is 0 Å². The summed E-state index contributed by atoms with van der Waals surface area (Å²) in [6.45, 7) is 3.16. The molecule has 0 aliphatic carbocycles. The van der Waals surface area contributed by atoms with E-state index in [1.54, 1.807) is 6.92 Å². The van der Waals surface area contributed by atoms with Gasteiger partial charge < -0.3 is 14.6 Å². The highest BCUT2D eigenvalue weighted by molar-refractivity contribution is 5.66. The van der Waals surface area contributed by atoms with Crippen molar-refractivity contribution in [3.05, 3.63) is 0 Å². The van der Waals surface area contributed by atoms with Crippen molar-refractivity contribution in [1.82, 2.24) is 0 Å². The molecule has 1 rings (SSSR count). The number of hydrogen-bond acceptors (Lipinski definition) is 4. The second-order valence-electron chi connectivity index (χ2n) is 3.02. The fourth-order valence-electron chi connectivity index (χ4n) is 1.31. The van der Waals surface area contributed by atoms with Gasteiger partial charge in [-0.3, -0.25) is 4.79 Å². The van der Waals surface area contributed by atoms with Crippen LogP contribution >= 0.6 is 0 Å². The first kappa shape index (κ1) is 9.48. The van der Waals surface area contributed by atoms with Gasteiger partial charge in [0.25, 0.3) is 0 Å². The average molecular weight is 174 g/mol. The number of aliphatic hydroxyl groups excluding tert-OH is 1. The predicted molar refractivity (Wildman–Crippen MR) is 41.3 cm³/mol. The van der Waals surface area contributed by atoms with Crippen molar-refractivity contribution in [3.63, 3.8) is 0 Å². The van der Waals surface area contributed by atoms with Crippen molar-refractivity contribution in [1.29, 1.82) is 0 Å². The van der Waals surface area contributed by atoms with E-state index in [0.29, 0.717) is 12.8 Å². The number of carbonyl (C=O) groups is 1. The highest BCUT2D eigenvalue weighted by atomic mass is 16.6. The molecular formula is C8H14O4. The van der Waals surface area contributed by atoms with Gasteiger partial charge in [0.1, 0.15) is 6.10 Å². The van der Waals surface area contributed by atoms with Crippen molar-refractivity contribution < 1.29 is 19.4 Å². The molecule has 1 aliphatic heterocycles. The molecule has 1 aliphatic rings. The maximum Gasteiger partial charge on any atom is 0.302 e. The molecule has 1 fully saturated rings. The molecule has 0 saturated carbocycles. The first-order chi connectivity index (χ1) is 5.59. The van der Waals surface area contributed by atoms with Gasteiger partial charge >= 0.3 is 5.97 Å². The zero-order chi connectivity index (χ0) is 9.14. The van der Waals surface area contributed by atoms with Gasteiger partial charge in [-0.15, -0.1) is 0 Å². The Kier molecular flexibility index (Phi) is 3.05. The zero-order valence-electron chi connectivity index (χ0n) is 7.32. The molecule has 0 amide bonds. The molecule has 1 heterocycles. The minimum atomic E-state index is -0.702. The summed E-state index contributed by atoms with van der Waals surface area (Å²) >= 11 is 0. The molecular weight excluding hydrogens is 160 g/mol. The third-order valence-corrected chi connectivity index (χ3v) is 1.91. The highest BCUT2D eigenvalue weighted by Gasteiger charge is 2.28. The molecule has 0 spiro atoms. The van der Waals surface area contributed by atoms with Crippen molar-refractivity contribution in [3.8, 4) is 0 Å². The Hall–Kier alpha value is -0.610. The molecule has 0 aromatic heterocycles. The van der Waals surface area contributed by atoms with Crippen molar-refractivity contribution in [2.75, 3.05) is 0 Å². The number of aliphatic hydroxyl groups is 1. The van der Waals surface area contributed by atoms with Crippen LogP contribution in [0.4, 0.5) is 0 Å². The number of esters is 1. The minimum Gasteiger partial charge on any atom is -0.460 e. The number of carbonyl (C=O) groups excluding carboxylic acids is 1. The molecule has 3 unspecified atom stereocenters. The highest BCUT2D eigenvalue weighted by Crippen LogP contribution is 2.20. The Bertz CT molecular complexity index is 168. The van der Waals surface area contributed by atoms with Crippen molar-refractivity contribution in [2.45, 2.75) is 45.2 Å². The van der Waals surface area contributed by atoms with Gasteiger partial charge in [-0.2, -0.15) is 0 Å². The van der Waals surface area contributed by atoms with Crippen LogP contribution in [-0.2, 0) is 14.3 Å². The second kappa shape index (κ2) is 3.87. The van der Waals surface area contributed by atoms with Gasteiger partial charge in [-0.1, -0.05) is 0 Å².